The molecular weight excluding hydrogens is 248 g/mol. The summed E-state index contributed by atoms with van der Waals surface area (Å²) in [6, 6.07) is 0. The van der Waals surface area contributed by atoms with Crippen LogP contribution in [0.4, 0.5) is 0 Å². The van der Waals surface area contributed by atoms with E-state index in [1.54, 1.807) is 13.1 Å². The van der Waals surface area contributed by atoms with E-state index in [0.717, 1.165) is 10.4 Å². The lowest BCUT2D eigenvalue weighted by Crippen LogP contribution is -2.15. The maximum absolute atomic E-state index is 9.45. The highest BCUT2D eigenvalue weighted by Gasteiger charge is 2.15. The fourth-order valence-corrected chi connectivity index (χ4v) is 2.33. The molecule has 2 rings (SSSR count). The van der Waals surface area contributed by atoms with Gasteiger partial charge in [-0.05, 0) is 18.5 Å². The first kappa shape index (κ1) is 11.6. The predicted octanol–water partition coefficient (Wildman–Crippen LogP) is 1.87. The average molecular weight is 259 g/mol. The van der Waals surface area contributed by atoms with Crippen LogP contribution < -0.4 is 0 Å². The Morgan fingerprint density at radius 3 is 2.88 bits per heavy atom. The van der Waals surface area contributed by atoms with Crippen LogP contribution in [0.15, 0.2) is 11.2 Å². The summed E-state index contributed by atoms with van der Waals surface area (Å²) >= 11 is 7.25. The molecule has 16 heavy (non-hydrogen) atoms. The summed E-state index contributed by atoms with van der Waals surface area (Å²) in [5, 5.41) is 17.9. The van der Waals surface area contributed by atoms with Crippen molar-refractivity contribution in [3.05, 3.63) is 11.5 Å². The van der Waals surface area contributed by atoms with Crippen molar-refractivity contribution in [1.82, 2.24) is 20.2 Å². The van der Waals surface area contributed by atoms with Gasteiger partial charge in [-0.3, -0.25) is 5.10 Å². The second-order valence-corrected chi connectivity index (χ2v) is 5.20. The van der Waals surface area contributed by atoms with Crippen molar-refractivity contribution in [2.45, 2.75) is 30.2 Å². The topological polar surface area (TPSA) is 74.7 Å². The third kappa shape index (κ3) is 2.28. The molecule has 0 aromatic carbocycles. The summed E-state index contributed by atoms with van der Waals surface area (Å²) < 4.78 is 0. The molecule has 0 aliphatic rings. The molecule has 0 saturated carbocycles. The van der Waals surface area contributed by atoms with Crippen LogP contribution in [0, 0.1) is 0 Å². The van der Waals surface area contributed by atoms with Crippen LogP contribution in [-0.4, -0.2) is 36.6 Å². The third-order valence-corrected chi connectivity index (χ3v) is 3.69. The fraction of sp³-hybridized carbons (Fsp3) is 0.444. The number of aliphatic hydroxyl groups excluding tert-OH is 1. The molecule has 86 valence electrons. The second kappa shape index (κ2) is 4.57. The van der Waals surface area contributed by atoms with Gasteiger partial charge in [0.05, 0.1) is 17.7 Å². The van der Waals surface area contributed by atoms with E-state index in [1.165, 1.54) is 11.8 Å². The van der Waals surface area contributed by atoms with Gasteiger partial charge in [-0.25, -0.2) is 4.98 Å². The summed E-state index contributed by atoms with van der Waals surface area (Å²) in [6.45, 7) is 3.67. The van der Waals surface area contributed by atoms with Crippen molar-refractivity contribution in [3.63, 3.8) is 0 Å². The normalized spacial score (nSPS) is 15.2. The number of aliphatic hydroxyl groups is 1. The predicted molar refractivity (Wildman–Crippen MR) is 63.7 cm³/mol. The second-order valence-electron chi connectivity index (χ2n) is 3.49. The fourth-order valence-electron chi connectivity index (χ4n) is 1.15. The first-order chi connectivity index (χ1) is 7.58. The van der Waals surface area contributed by atoms with Gasteiger partial charge in [0.2, 0.25) is 5.28 Å². The smallest absolute Gasteiger partial charge is 0.225 e. The molecule has 0 aliphatic carbocycles. The van der Waals surface area contributed by atoms with E-state index in [0.29, 0.717) is 5.65 Å². The minimum Gasteiger partial charge on any atom is -0.392 e. The number of thioether (sulfide) groups is 1. The minimum absolute atomic E-state index is 0.0315. The minimum atomic E-state index is -0.416. The van der Waals surface area contributed by atoms with Gasteiger partial charge in [0, 0.05) is 5.25 Å². The number of halogens is 1. The Morgan fingerprint density at radius 1 is 1.44 bits per heavy atom. The lowest BCUT2D eigenvalue weighted by atomic mass is 10.3. The van der Waals surface area contributed by atoms with Gasteiger partial charge >= 0.3 is 0 Å². The number of aromatic nitrogens is 4. The monoisotopic (exact) mass is 258 g/mol. The van der Waals surface area contributed by atoms with Gasteiger partial charge in [-0.2, -0.15) is 10.1 Å². The number of rotatable bonds is 3. The molecule has 2 unspecified atom stereocenters. The zero-order valence-corrected chi connectivity index (χ0v) is 10.4. The molecule has 2 N–H and O–H groups in total. The number of fused-ring (bicyclic) bond motifs is 1. The van der Waals surface area contributed by atoms with E-state index in [1.807, 2.05) is 6.92 Å². The summed E-state index contributed by atoms with van der Waals surface area (Å²) in [4.78, 5) is 8.15. The summed E-state index contributed by atoms with van der Waals surface area (Å²) in [7, 11) is 0. The van der Waals surface area contributed by atoms with Gasteiger partial charge in [-0.15, -0.1) is 0 Å². The largest absolute Gasteiger partial charge is 0.392 e. The van der Waals surface area contributed by atoms with Gasteiger partial charge < -0.3 is 5.11 Å². The first-order valence-electron chi connectivity index (χ1n) is 4.79. The highest BCUT2D eigenvalue weighted by molar-refractivity contribution is 8.00. The lowest BCUT2D eigenvalue weighted by molar-refractivity contribution is 0.196. The van der Waals surface area contributed by atoms with Crippen LogP contribution in [0.25, 0.3) is 11.0 Å². The molecule has 5 nitrogen and oxygen atoms in total. The summed E-state index contributed by atoms with van der Waals surface area (Å²) in [6.07, 6.45) is 1.24. The number of hydrogen-bond acceptors (Lipinski definition) is 5. The summed E-state index contributed by atoms with van der Waals surface area (Å²) in [5.74, 6) is 0. The molecule has 2 atom stereocenters. The molecule has 0 fully saturated rings. The molecule has 2 aromatic rings. The zero-order valence-electron chi connectivity index (χ0n) is 8.81. The van der Waals surface area contributed by atoms with E-state index in [4.69, 9.17) is 11.6 Å². The molecule has 2 heterocycles. The van der Waals surface area contributed by atoms with Crippen molar-refractivity contribution < 1.29 is 5.11 Å². The molecule has 2 aromatic heterocycles. The van der Waals surface area contributed by atoms with Crippen molar-refractivity contribution in [2.75, 3.05) is 0 Å². The molecule has 0 amide bonds. The van der Waals surface area contributed by atoms with Crippen LogP contribution in [0.3, 0.4) is 0 Å². The van der Waals surface area contributed by atoms with Crippen molar-refractivity contribution in [1.29, 1.82) is 0 Å². The van der Waals surface area contributed by atoms with E-state index < -0.39 is 6.10 Å². The highest BCUT2D eigenvalue weighted by atomic mass is 35.5. The van der Waals surface area contributed by atoms with E-state index >= 15 is 0 Å². The SMILES string of the molecule is CC(O)C(C)Sc1nc(Cl)nc2[nH]ncc12. The van der Waals surface area contributed by atoms with Gasteiger partial charge in [0.15, 0.2) is 5.65 Å². The molecule has 0 radical (unpaired) electrons. The molecule has 0 spiro atoms. The molecule has 0 saturated heterocycles. The number of nitrogens with zero attached hydrogens (tertiary/aromatic N) is 3. The highest BCUT2D eigenvalue weighted by Crippen LogP contribution is 2.29. The maximum atomic E-state index is 9.45. The Balaban J connectivity index is 2.39. The van der Waals surface area contributed by atoms with Crippen molar-refractivity contribution >= 4 is 34.4 Å². The number of nitrogens with one attached hydrogen (secondary N) is 1. The Morgan fingerprint density at radius 2 is 2.19 bits per heavy atom. The Labute approximate surface area is 102 Å². The quantitative estimate of drug-likeness (QED) is 0.499. The number of aromatic amines is 1. The Hall–Kier alpha value is -0.850. The molecule has 7 heteroatoms. The van der Waals surface area contributed by atoms with Crippen LogP contribution in [0.2, 0.25) is 5.28 Å². The van der Waals surface area contributed by atoms with E-state index in [9.17, 15) is 5.11 Å². The Bertz CT molecular complexity index is 501. The number of H-pyrrole nitrogens is 1. The van der Waals surface area contributed by atoms with Gasteiger partial charge in [0.25, 0.3) is 0 Å². The third-order valence-electron chi connectivity index (χ3n) is 2.22. The van der Waals surface area contributed by atoms with Crippen molar-refractivity contribution in [2.24, 2.45) is 0 Å². The van der Waals surface area contributed by atoms with Crippen molar-refractivity contribution in [3.8, 4) is 0 Å². The maximum Gasteiger partial charge on any atom is 0.225 e. The number of hydrogen-bond donors (Lipinski definition) is 2. The summed E-state index contributed by atoms with van der Waals surface area (Å²) in [5.41, 5.74) is 0.611. The molecule has 0 aliphatic heterocycles. The molecular formula is C9H11ClN4OS. The van der Waals surface area contributed by atoms with Crippen LogP contribution in [-0.2, 0) is 0 Å². The first-order valence-corrected chi connectivity index (χ1v) is 6.05. The average Bonchev–Trinajstić information content (AvgIpc) is 2.65. The van der Waals surface area contributed by atoms with Crippen LogP contribution >= 0.6 is 23.4 Å². The van der Waals surface area contributed by atoms with Crippen LogP contribution in [0.1, 0.15) is 13.8 Å². The zero-order chi connectivity index (χ0) is 11.7. The molecule has 0 bridgehead atoms. The lowest BCUT2D eigenvalue weighted by Gasteiger charge is -2.13. The standard InChI is InChI=1S/C9H11ClN4OS/c1-4(15)5(2)16-8-6-3-11-14-7(6)12-9(10)13-8/h3-5,15H,1-2H3,(H,11,12,13,14). The van der Waals surface area contributed by atoms with E-state index in [2.05, 4.69) is 20.2 Å². The van der Waals surface area contributed by atoms with Gasteiger partial charge in [-0.1, -0.05) is 18.7 Å². The Kier molecular flexibility index (Phi) is 3.32. The van der Waals surface area contributed by atoms with Gasteiger partial charge in [0.1, 0.15) is 5.03 Å². The van der Waals surface area contributed by atoms with Crippen LogP contribution in [0.5, 0.6) is 0 Å². The van der Waals surface area contributed by atoms with E-state index in [-0.39, 0.29) is 10.5 Å².